The second kappa shape index (κ2) is 8.29. The van der Waals surface area contributed by atoms with Crippen LogP contribution in [0.4, 0.5) is 0 Å². The molecule has 1 aliphatic heterocycles. The van der Waals surface area contributed by atoms with Crippen LogP contribution in [0.3, 0.4) is 0 Å². The van der Waals surface area contributed by atoms with Crippen LogP contribution in [0.5, 0.6) is 5.88 Å². The van der Waals surface area contributed by atoms with Gasteiger partial charge in [0.25, 0.3) is 5.91 Å². The quantitative estimate of drug-likeness (QED) is 0.657. The van der Waals surface area contributed by atoms with Gasteiger partial charge >= 0.3 is 0 Å². The topological polar surface area (TPSA) is 110 Å². The van der Waals surface area contributed by atoms with Crippen molar-refractivity contribution in [3.05, 3.63) is 59.7 Å². The Balaban J connectivity index is 1.57. The highest BCUT2D eigenvalue weighted by molar-refractivity contribution is 5.97. The van der Waals surface area contributed by atoms with Crippen LogP contribution in [0, 0.1) is 24.5 Å². The van der Waals surface area contributed by atoms with Crippen molar-refractivity contribution in [1.29, 1.82) is 5.26 Å². The molecule has 0 saturated carbocycles. The lowest BCUT2D eigenvalue weighted by Gasteiger charge is -2.38. The van der Waals surface area contributed by atoms with E-state index >= 15 is 0 Å². The van der Waals surface area contributed by atoms with Crippen LogP contribution >= 0.6 is 0 Å². The molecule has 0 unspecified atom stereocenters. The van der Waals surface area contributed by atoms with Gasteiger partial charge in [-0.25, -0.2) is 9.97 Å². The molecule has 4 heterocycles. The minimum Gasteiger partial charge on any atom is -0.472 e. The van der Waals surface area contributed by atoms with Gasteiger partial charge in [0.15, 0.2) is 5.82 Å². The first kappa shape index (κ1) is 19.5. The molecule has 3 aromatic rings. The maximum atomic E-state index is 13.4. The molecule has 30 heavy (non-hydrogen) atoms. The third-order valence-corrected chi connectivity index (χ3v) is 5.23. The molecule has 0 bridgehead atoms. The maximum Gasteiger partial charge on any atom is 0.258 e. The average Bonchev–Trinajstić information content (AvgIpc) is 3.31. The van der Waals surface area contributed by atoms with Crippen LogP contribution in [0.1, 0.15) is 41.3 Å². The van der Waals surface area contributed by atoms with Gasteiger partial charge in [-0.15, -0.1) is 4.80 Å². The average molecular weight is 402 g/mol. The number of pyridine rings is 2. The summed E-state index contributed by atoms with van der Waals surface area (Å²) in [4.78, 5) is 24.9. The Morgan fingerprint density at radius 3 is 2.83 bits per heavy atom. The molecule has 4 rings (SSSR count). The number of amides is 1. The molecule has 1 radical (unpaired) electrons. The monoisotopic (exact) mass is 402 g/mol. The fourth-order valence-electron chi connectivity index (χ4n) is 3.52. The van der Waals surface area contributed by atoms with Crippen LogP contribution < -0.4 is 4.74 Å². The van der Waals surface area contributed by atoms with Crippen LogP contribution in [0.15, 0.2) is 36.8 Å². The van der Waals surface area contributed by atoms with E-state index in [4.69, 9.17) is 4.74 Å². The van der Waals surface area contributed by atoms with Gasteiger partial charge in [0.05, 0.1) is 42.3 Å². The summed E-state index contributed by atoms with van der Waals surface area (Å²) in [6.07, 6.45) is 8.71. The Hall–Kier alpha value is -3.80. The van der Waals surface area contributed by atoms with Gasteiger partial charge in [-0.1, -0.05) is 0 Å². The molecule has 2 atom stereocenters. The zero-order chi connectivity index (χ0) is 21.1. The van der Waals surface area contributed by atoms with Gasteiger partial charge in [0.1, 0.15) is 6.10 Å². The van der Waals surface area contributed by atoms with Crippen molar-refractivity contribution in [2.75, 3.05) is 6.54 Å². The zero-order valence-corrected chi connectivity index (χ0v) is 16.7. The lowest BCUT2D eigenvalue weighted by Crippen LogP contribution is -2.49. The van der Waals surface area contributed by atoms with E-state index in [0.717, 1.165) is 12.8 Å². The number of hydrogen-bond acceptors (Lipinski definition) is 7. The van der Waals surface area contributed by atoms with Crippen molar-refractivity contribution < 1.29 is 9.53 Å². The number of nitriles is 1. The number of carbonyl (C=O) groups excluding carboxylic acids is 1. The Labute approximate surface area is 173 Å². The van der Waals surface area contributed by atoms with E-state index in [1.165, 1.54) is 17.2 Å². The third-order valence-electron chi connectivity index (χ3n) is 5.23. The van der Waals surface area contributed by atoms with E-state index < -0.39 is 0 Å². The number of hydrogen-bond donors (Lipinski definition) is 0. The highest BCUT2D eigenvalue weighted by Crippen LogP contribution is 2.26. The lowest BCUT2D eigenvalue weighted by molar-refractivity contribution is 0.0370. The van der Waals surface area contributed by atoms with E-state index in [1.807, 2.05) is 13.8 Å². The van der Waals surface area contributed by atoms with Gasteiger partial charge in [0.2, 0.25) is 5.88 Å². The predicted octanol–water partition coefficient (Wildman–Crippen LogP) is 2.11. The second-order valence-corrected chi connectivity index (χ2v) is 7.15. The number of likely N-dealkylation sites (tertiary alicyclic amines) is 1. The number of ether oxygens (including phenoxy) is 1. The van der Waals surface area contributed by atoms with Crippen molar-refractivity contribution in [2.24, 2.45) is 0 Å². The van der Waals surface area contributed by atoms with Crippen molar-refractivity contribution >= 4 is 5.91 Å². The van der Waals surface area contributed by atoms with E-state index in [1.54, 1.807) is 29.3 Å². The fourth-order valence-corrected chi connectivity index (χ4v) is 3.52. The second-order valence-electron chi connectivity index (χ2n) is 7.15. The molecule has 0 aromatic carbocycles. The van der Waals surface area contributed by atoms with Gasteiger partial charge in [-0.2, -0.15) is 15.5 Å². The summed E-state index contributed by atoms with van der Waals surface area (Å²) in [5.74, 6) is 0.598. The predicted molar refractivity (Wildman–Crippen MR) is 106 cm³/mol. The first-order valence-corrected chi connectivity index (χ1v) is 9.65. The summed E-state index contributed by atoms with van der Waals surface area (Å²) in [5.41, 5.74) is 1.63. The first-order chi connectivity index (χ1) is 14.6. The maximum absolute atomic E-state index is 13.4. The molecular weight excluding hydrogens is 382 g/mol. The number of piperidine rings is 1. The van der Waals surface area contributed by atoms with E-state index in [9.17, 15) is 10.1 Å². The SMILES string of the molecule is Cc1c(C#N)ccnc1O[C@@H]1CC[C@@H](C)N(C(=O)c2cc[c]nc2-n2nccn2)C1. The Bertz CT molecular complexity index is 1090. The summed E-state index contributed by atoms with van der Waals surface area (Å²) in [5, 5.41) is 17.4. The summed E-state index contributed by atoms with van der Waals surface area (Å²) in [6.45, 7) is 4.23. The molecule has 151 valence electrons. The van der Waals surface area contributed by atoms with Crippen molar-refractivity contribution in [1.82, 2.24) is 29.9 Å². The largest absolute Gasteiger partial charge is 0.472 e. The van der Waals surface area contributed by atoms with Crippen LogP contribution in [-0.2, 0) is 0 Å². The molecule has 9 heteroatoms. The molecule has 0 spiro atoms. The summed E-state index contributed by atoms with van der Waals surface area (Å²) in [6, 6.07) is 7.11. The van der Waals surface area contributed by atoms with Crippen molar-refractivity contribution in [2.45, 2.75) is 38.8 Å². The van der Waals surface area contributed by atoms with Gasteiger partial charge in [-0.3, -0.25) is 4.79 Å². The summed E-state index contributed by atoms with van der Waals surface area (Å²) in [7, 11) is 0. The van der Waals surface area contributed by atoms with Gasteiger partial charge in [0, 0.05) is 17.8 Å². The molecule has 1 aliphatic rings. The third kappa shape index (κ3) is 3.72. The summed E-state index contributed by atoms with van der Waals surface area (Å²) < 4.78 is 6.09. The fraction of sp³-hybridized carbons (Fsp3) is 0.333. The number of carbonyl (C=O) groups is 1. The minimum atomic E-state index is -0.222. The highest BCUT2D eigenvalue weighted by atomic mass is 16.5. The molecular formula is C21H20N7O2. The number of aromatic nitrogens is 5. The molecule has 0 aliphatic carbocycles. The van der Waals surface area contributed by atoms with Crippen molar-refractivity contribution in [3.63, 3.8) is 0 Å². The van der Waals surface area contributed by atoms with E-state index in [2.05, 4.69) is 32.4 Å². The molecule has 9 nitrogen and oxygen atoms in total. The zero-order valence-electron chi connectivity index (χ0n) is 16.7. The number of nitrogens with zero attached hydrogens (tertiary/aromatic N) is 7. The summed E-state index contributed by atoms with van der Waals surface area (Å²) >= 11 is 0. The van der Waals surface area contributed by atoms with Gasteiger partial charge < -0.3 is 9.64 Å². The number of rotatable bonds is 4. The standard InChI is InChI=1S/C21H20N7O2/c1-14-5-6-17(30-20-15(2)16(12-22)7-9-24-20)13-27(14)21(29)18-4-3-8-23-19(18)28-25-10-11-26-28/h3-4,7,9-11,14,17H,5-6,13H2,1-2H3/t14-,17-/m1/s1. The molecule has 1 amide bonds. The Kier molecular flexibility index (Phi) is 5.39. The van der Waals surface area contributed by atoms with Crippen LogP contribution in [-0.4, -0.2) is 54.5 Å². The van der Waals surface area contributed by atoms with Gasteiger partial charge in [-0.05, 0) is 44.9 Å². The molecule has 1 saturated heterocycles. The lowest BCUT2D eigenvalue weighted by atomic mass is 10.00. The minimum absolute atomic E-state index is 0.0412. The molecule has 3 aromatic heterocycles. The molecule has 1 fully saturated rings. The van der Waals surface area contributed by atoms with Crippen LogP contribution in [0.25, 0.3) is 5.82 Å². The Morgan fingerprint density at radius 1 is 1.27 bits per heavy atom. The molecule has 0 N–H and O–H groups in total. The Morgan fingerprint density at radius 2 is 2.07 bits per heavy atom. The normalized spacial score (nSPS) is 18.6. The van der Waals surface area contributed by atoms with E-state index in [0.29, 0.717) is 34.9 Å². The highest BCUT2D eigenvalue weighted by Gasteiger charge is 2.32. The van der Waals surface area contributed by atoms with Crippen molar-refractivity contribution in [3.8, 4) is 17.8 Å². The van der Waals surface area contributed by atoms with Crippen LogP contribution in [0.2, 0.25) is 0 Å². The first-order valence-electron chi connectivity index (χ1n) is 9.65. The smallest absolute Gasteiger partial charge is 0.258 e. The van der Waals surface area contributed by atoms with E-state index in [-0.39, 0.29) is 18.1 Å².